The van der Waals surface area contributed by atoms with E-state index in [0.717, 1.165) is 18.7 Å². The summed E-state index contributed by atoms with van der Waals surface area (Å²) in [5, 5.41) is 15.0. The third-order valence-corrected chi connectivity index (χ3v) is 5.20. The molecule has 9 nitrogen and oxygen atoms in total. The minimum Gasteiger partial charge on any atom is -0.444 e. The Labute approximate surface area is 188 Å². The molecule has 1 fully saturated rings. The van der Waals surface area contributed by atoms with Gasteiger partial charge in [0.2, 0.25) is 5.91 Å². The zero-order valence-electron chi connectivity index (χ0n) is 19.2. The van der Waals surface area contributed by atoms with Crippen LogP contribution in [0.5, 0.6) is 0 Å². The molecule has 1 aliphatic rings. The zero-order valence-corrected chi connectivity index (χ0v) is 19.2. The van der Waals surface area contributed by atoms with Crippen molar-refractivity contribution >= 4 is 28.7 Å². The van der Waals surface area contributed by atoms with E-state index in [1.54, 1.807) is 46.2 Å². The lowest BCUT2D eigenvalue weighted by Gasteiger charge is -2.38. The number of hydrogen-bond donors (Lipinski definition) is 2. The Balaban J connectivity index is 1.71. The number of fused-ring (bicyclic) bond motifs is 1. The fraction of sp³-hybridized carbons (Fsp3) is 0.522. The van der Waals surface area contributed by atoms with E-state index < -0.39 is 17.7 Å². The maximum Gasteiger partial charge on any atom is 0.408 e. The summed E-state index contributed by atoms with van der Waals surface area (Å²) in [5.74, 6) is 0.0601. The second kappa shape index (κ2) is 9.39. The van der Waals surface area contributed by atoms with Crippen molar-refractivity contribution in [3.8, 4) is 6.07 Å². The van der Waals surface area contributed by atoms with Gasteiger partial charge in [0.05, 0.1) is 11.3 Å². The van der Waals surface area contributed by atoms with Gasteiger partial charge in [0, 0.05) is 31.5 Å². The van der Waals surface area contributed by atoms with E-state index in [1.165, 1.54) is 0 Å². The number of carbonyl (C=O) groups is 2. The summed E-state index contributed by atoms with van der Waals surface area (Å²) >= 11 is 0. The van der Waals surface area contributed by atoms with Gasteiger partial charge in [-0.25, -0.2) is 4.79 Å². The standard InChI is InChI=1S/C23H30N6O3/c1-14-10-17(28-21(30)15(2)27-22(31)32-23(3,4)5)13-29(12-14)18-7-6-16(11-24)19-20(18)26-9-8-25-19/h6-9,14-15,17H,10,12-13H2,1-5H3,(H,27,31)(H,28,30)/t14-,15+,17+/m0/s1. The van der Waals surface area contributed by atoms with Crippen molar-refractivity contribution in [1.82, 2.24) is 20.6 Å². The van der Waals surface area contributed by atoms with Crippen molar-refractivity contribution in [2.24, 2.45) is 5.92 Å². The smallest absolute Gasteiger partial charge is 0.408 e. The lowest BCUT2D eigenvalue weighted by atomic mass is 9.94. The first-order valence-corrected chi connectivity index (χ1v) is 10.8. The van der Waals surface area contributed by atoms with Gasteiger partial charge in [-0.05, 0) is 52.2 Å². The molecule has 0 bridgehead atoms. The van der Waals surface area contributed by atoms with E-state index in [-0.39, 0.29) is 11.9 Å². The van der Waals surface area contributed by atoms with Gasteiger partial charge in [-0.2, -0.15) is 5.26 Å². The zero-order chi connectivity index (χ0) is 23.5. The maximum atomic E-state index is 12.7. The van der Waals surface area contributed by atoms with Crippen molar-refractivity contribution in [2.45, 2.75) is 58.7 Å². The number of alkyl carbamates (subject to hydrolysis) is 1. The van der Waals surface area contributed by atoms with Crippen LogP contribution in [0.1, 0.15) is 46.6 Å². The molecule has 3 atom stereocenters. The molecule has 1 aromatic heterocycles. The number of nitrogens with one attached hydrogen (secondary N) is 2. The van der Waals surface area contributed by atoms with Crippen molar-refractivity contribution < 1.29 is 14.3 Å². The van der Waals surface area contributed by atoms with Gasteiger partial charge in [-0.3, -0.25) is 14.8 Å². The van der Waals surface area contributed by atoms with Crippen molar-refractivity contribution in [1.29, 1.82) is 5.26 Å². The molecule has 1 aliphatic heterocycles. The monoisotopic (exact) mass is 438 g/mol. The van der Waals surface area contributed by atoms with Crippen molar-refractivity contribution in [3.05, 3.63) is 30.1 Å². The summed E-state index contributed by atoms with van der Waals surface area (Å²) in [6, 6.07) is 4.98. The lowest BCUT2D eigenvalue weighted by Crippen LogP contribution is -2.55. The second-order valence-electron chi connectivity index (χ2n) is 9.32. The summed E-state index contributed by atoms with van der Waals surface area (Å²) in [6.07, 6.45) is 3.39. The molecule has 2 heterocycles. The third-order valence-electron chi connectivity index (χ3n) is 5.20. The fourth-order valence-corrected chi connectivity index (χ4v) is 3.92. The molecule has 0 saturated carbocycles. The van der Waals surface area contributed by atoms with Gasteiger partial charge < -0.3 is 20.3 Å². The number of anilines is 1. The van der Waals surface area contributed by atoms with Crippen LogP contribution in [0.15, 0.2) is 24.5 Å². The number of benzene rings is 1. The molecule has 2 aromatic rings. The van der Waals surface area contributed by atoms with Crippen LogP contribution in [0.4, 0.5) is 10.5 Å². The van der Waals surface area contributed by atoms with Crippen LogP contribution in [-0.4, -0.2) is 52.7 Å². The number of nitriles is 1. The van der Waals surface area contributed by atoms with Gasteiger partial charge in [0.25, 0.3) is 0 Å². The highest BCUT2D eigenvalue weighted by Crippen LogP contribution is 2.30. The number of amides is 2. The van der Waals surface area contributed by atoms with Gasteiger partial charge in [0.1, 0.15) is 28.7 Å². The molecule has 2 N–H and O–H groups in total. The van der Waals surface area contributed by atoms with Crippen LogP contribution in [-0.2, 0) is 9.53 Å². The number of ether oxygens (including phenoxy) is 1. The largest absolute Gasteiger partial charge is 0.444 e. The maximum absolute atomic E-state index is 12.7. The van der Waals surface area contributed by atoms with Gasteiger partial charge >= 0.3 is 6.09 Å². The lowest BCUT2D eigenvalue weighted by molar-refractivity contribution is -0.123. The normalized spacial score (nSPS) is 19.7. The number of piperidine rings is 1. The summed E-state index contributed by atoms with van der Waals surface area (Å²) in [5.41, 5.74) is 1.98. The highest BCUT2D eigenvalue weighted by Gasteiger charge is 2.29. The Kier molecular flexibility index (Phi) is 6.82. The van der Waals surface area contributed by atoms with Crippen LogP contribution in [0.25, 0.3) is 11.0 Å². The molecule has 9 heteroatoms. The number of carbonyl (C=O) groups excluding carboxylic acids is 2. The first kappa shape index (κ1) is 23.3. The first-order valence-electron chi connectivity index (χ1n) is 10.8. The average molecular weight is 439 g/mol. The predicted octanol–water partition coefficient (Wildman–Crippen LogP) is 2.75. The predicted molar refractivity (Wildman–Crippen MR) is 121 cm³/mol. The Morgan fingerprint density at radius 1 is 1.22 bits per heavy atom. The molecule has 1 saturated heterocycles. The van der Waals surface area contributed by atoms with Crippen LogP contribution in [0.3, 0.4) is 0 Å². The van der Waals surface area contributed by atoms with E-state index in [9.17, 15) is 14.9 Å². The number of hydrogen-bond acceptors (Lipinski definition) is 7. The molecule has 0 radical (unpaired) electrons. The summed E-state index contributed by atoms with van der Waals surface area (Å²) < 4.78 is 5.23. The number of aromatic nitrogens is 2. The van der Waals surface area contributed by atoms with E-state index in [4.69, 9.17) is 4.74 Å². The minimum atomic E-state index is -0.725. The van der Waals surface area contributed by atoms with E-state index in [0.29, 0.717) is 29.1 Å². The average Bonchev–Trinajstić information content (AvgIpc) is 2.71. The molecular weight excluding hydrogens is 408 g/mol. The molecule has 0 aliphatic carbocycles. The molecule has 3 rings (SSSR count). The summed E-state index contributed by atoms with van der Waals surface area (Å²) in [7, 11) is 0. The van der Waals surface area contributed by atoms with Crippen LogP contribution in [0, 0.1) is 17.2 Å². The van der Waals surface area contributed by atoms with Crippen molar-refractivity contribution in [2.75, 3.05) is 18.0 Å². The quantitative estimate of drug-likeness (QED) is 0.753. The summed E-state index contributed by atoms with van der Waals surface area (Å²) in [4.78, 5) is 35.6. The Bertz CT molecular complexity index is 1040. The van der Waals surface area contributed by atoms with Gasteiger partial charge in [-0.1, -0.05) is 6.92 Å². The Morgan fingerprint density at radius 2 is 1.91 bits per heavy atom. The van der Waals surface area contributed by atoms with Crippen molar-refractivity contribution in [3.63, 3.8) is 0 Å². The number of rotatable bonds is 4. The Morgan fingerprint density at radius 3 is 2.56 bits per heavy atom. The van der Waals surface area contributed by atoms with Gasteiger partial charge in [-0.15, -0.1) is 0 Å². The molecule has 32 heavy (non-hydrogen) atoms. The van der Waals surface area contributed by atoms with E-state index >= 15 is 0 Å². The molecule has 1 aromatic carbocycles. The molecule has 170 valence electrons. The molecular formula is C23H30N6O3. The van der Waals surface area contributed by atoms with E-state index in [1.807, 2.05) is 6.07 Å². The first-order chi connectivity index (χ1) is 15.1. The van der Waals surface area contributed by atoms with Crippen LogP contribution < -0.4 is 15.5 Å². The van der Waals surface area contributed by atoms with Crippen LogP contribution >= 0.6 is 0 Å². The number of nitrogens with zero attached hydrogens (tertiary/aromatic N) is 4. The van der Waals surface area contributed by atoms with Crippen LogP contribution in [0.2, 0.25) is 0 Å². The highest BCUT2D eigenvalue weighted by atomic mass is 16.6. The molecule has 2 amide bonds. The minimum absolute atomic E-state index is 0.100. The van der Waals surface area contributed by atoms with E-state index in [2.05, 4.69) is 38.5 Å². The second-order valence-corrected chi connectivity index (χ2v) is 9.32. The fourth-order valence-electron chi connectivity index (χ4n) is 3.92. The Hall–Kier alpha value is -3.41. The summed E-state index contributed by atoms with van der Waals surface area (Å²) in [6.45, 7) is 10.5. The third kappa shape index (κ3) is 5.63. The molecule has 0 unspecified atom stereocenters. The van der Waals surface area contributed by atoms with Gasteiger partial charge in [0.15, 0.2) is 0 Å². The highest BCUT2D eigenvalue weighted by molar-refractivity contribution is 5.92. The molecule has 0 spiro atoms. The topological polar surface area (TPSA) is 120 Å². The SMILES string of the molecule is C[C@H]1C[C@@H](NC(=O)[C@@H](C)NC(=O)OC(C)(C)C)CN(c2ccc(C#N)c3nccnc23)C1.